The van der Waals surface area contributed by atoms with Crippen molar-refractivity contribution in [3.05, 3.63) is 75.2 Å². The largest absolute Gasteiger partial charge is 0.487 e. The van der Waals surface area contributed by atoms with Crippen LogP contribution >= 0.6 is 11.3 Å². The molecule has 0 bridgehead atoms. The standard InChI is InChI=1S/C19H20N2OS/c1-13-3-5-15(6-4-13)12-22-18-8-7-16(9-17(18)20)10-19-21-11-14(2)23-19/h3-9,11H,10,12,20H2,1-2H3. The first kappa shape index (κ1) is 15.6. The Morgan fingerprint density at radius 3 is 2.43 bits per heavy atom. The summed E-state index contributed by atoms with van der Waals surface area (Å²) in [5.41, 5.74) is 10.3. The van der Waals surface area contributed by atoms with E-state index in [-0.39, 0.29) is 0 Å². The predicted octanol–water partition coefficient (Wildman–Crippen LogP) is 4.51. The lowest BCUT2D eigenvalue weighted by atomic mass is 10.1. The van der Waals surface area contributed by atoms with Gasteiger partial charge in [-0.1, -0.05) is 35.9 Å². The summed E-state index contributed by atoms with van der Waals surface area (Å²) >= 11 is 1.72. The van der Waals surface area contributed by atoms with Crippen molar-refractivity contribution >= 4 is 17.0 Å². The van der Waals surface area contributed by atoms with E-state index in [2.05, 4.69) is 49.2 Å². The second-order valence-corrected chi connectivity index (χ2v) is 7.01. The maximum absolute atomic E-state index is 6.13. The van der Waals surface area contributed by atoms with Gasteiger partial charge in [-0.25, -0.2) is 4.98 Å². The molecule has 0 aliphatic rings. The molecule has 1 heterocycles. The van der Waals surface area contributed by atoms with Gasteiger partial charge in [-0.15, -0.1) is 11.3 Å². The zero-order valence-electron chi connectivity index (χ0n) is 13.4. The number of benzene rings is 2. The highest BCUT2D eigenvalue weighted by atomic mass is 32.1. The molecule has 0 aliphatic heterocycles. The van der Waals surface area contributed by atoms with Crippen molar-refractivity contribution in [2.45, 2.75) is 26.9 Å². The lowest BCUT2D eigenvalue weighted by Crippen LogP contribution is -2.00. The Labute approximate surface area is 140 Å². The number of rotatable bonds is 5. The predicted molar refractivity (Wildman–Crippen MR) is 96.0 cm³/mol. The van der Waals surface area contributed by atoms with E-state index in [1.54, 1.807) is 11.3 Å². The van der Waals surface area contributed by atoms with Gasteiger partial charge in [0, 0.05) is 17.5 Å². The third kappa shape index (κ3) is 4.11. The van der Waals surface area contributed by atoms with Crippen LogP contribution in [0.4, 0.5) is 5.69 Å². The van der Waals surface area contributed by atoms with Crippen LogP contribution in [-0.4, -0.2) is 4.98 Å². The first-order valence-corrected chi connectivity index (χ1v) is 8.40. The summed E-state index contributed by atoms with van der Waals surface area (Å²) in [5.74, 6) is 0.727. The molecule has 0 fully saturated rings. The SMILES string of the molecule is Cc1ccc(COc2ccc(Cc3ncc(C)s3)cc2N)cc1. The minimum Gasteiger partial charge on any atom is -0.487 e. The molecule has 118 valence electrons. The van der Waals surface area contributed by atoms with Crippen molar-refractivity contribution in [1.82, 2.24) is 4.98 Å². The first-order chi connectivity index (χ1) is 11.1. The molecule has 0 aliphatic carbocycles. The molecule has 2 aromatic carbocycles. The third-order valence-corrected chi connectivity index (χ3v) is 4.53. The van der Waals surface area contributed by atoms with E-state index >= 15 is 0 Å². The van der Waals surface area contributed by atoms with Gasteiger partial charge in [0.25, 0.3) is 0 Å². The normalized spacial score (nSPS) is 10.7. The van der Waals surface area contributed by atoms with Gasteiger partial charge in [0.05, 0.1) is 10.7 Å². The fourth-order valence-electron chi connectivity index (χ4n) is 2.34. The van der Waals surface area contributed by atoms with Crippen molar-refractivity contribution in [2.24, 2.45) is 0 Å². The third-order valence-electron chi connectivity index (χ3n) is 3.61. The summed E-state index contributed by atoms with van der Waals surface area (Å²) in [6, 6.07) is 14.3. The Morgan fingerprint density at radius 1 is 1.04 bits per heavy atom. The Kier molecular flexibility index (Phi) is 4.63. The van der Waals surface area contributed by atoms with Crippen LogP contribution in [0.2, 0.25) is 0 Å². The van der Waals surface area contributed by atoms with E-state index in [0.29, 0.717) is 12.3 Å². The summed E-state index contributed by atoms with van der Waals surface area (Å²) in [6.45, 7) is 4.67. The molecule has 0 radical (unpaired) electrons. The topological polar surface area (TPSA) is 48.1 Å². The number of ether oxygens (including phenoxy) is 1. The minimum atomic E-state index is 0.523. The monoisotopic (exact) mass is 324 g/mol. The highest BCUT2D eigenvalue weighted by molar-refractivity contribution is 7.11. The van der Waals surface area contributed by atoms with Gasteiger partial charge in [-0.05, 0) is 37.1 Å². The molecule has 2 N–H and O–H groups in total. The summed E-state index contributed by atoms with van der Waals surface area (Å²) in [6.07, 6.45) is 2.71. The zero-order valence-corrected chi connectivity index (χ0v) is 14.2. The van der Waals surface area contributed by atoms with Gasteiger partial charge < -0.3 is 10.5 Å². The van der Waals surface area contributed by atoms with E-state index in [4.69, 9.17) is 10.5 Å². The number of nitrogens with zero attached hydrogens (tertiary/aromatic N) is 1. The molecule has 0 spiro atoms. The fourth-order valence-corrected chi connectivity index (χ4v) is 3.16. The number of anilines is 1. The Morgan fingerprint density at radius 2 is 1.78 bits per heavy atom. The maximum Gasteiger partial charge on any atom is 0.142 e. The number of hydrogen-bond acceptors (Lipinski definition) is 4. The van der Waals surface area contributed by atoms with Crippen LogP contribution in [0.5, 0.6) is 5.75 Å². The summed E-state index contributed by atoms with van der Waals surface area (Å²) < 4.78 is 5.83. The highest BCUT2D eigenvalue weighted by Gasteiger charge is 2.06. The minimum absolute atomic E-state index is 0.523. The van der Waals surface area contributed by atoms with E-state index in [0.717, 1.165) is 28.3 Å². The zero-order chi connectivity index (χ0) is 16.2. The molecule has 3 nitrogen and oxygen atoms in total. The summed E-state index contributed by atoms with van der Waals surface area (Å²) in [4.78, 5) is 5.62. The molecule has 3 aromatic rings. The highest BCUT2D eigenvalue weighted by Crippen LogP contribution is 2.25. The van der Waals surface area contributed by atoms with E-state index < -0.39 is 0 Å². The van der Waals surface area contributed by atoms with Crippen LogP contribution in [-0.2, 0) is 13.0 Å². The molecule has 3 rings (SSSR count). The number of hydrogen-bond donors (Lipinski definition) is 1. The van der Waals surface area contributed by atoms with Gasteiger partial charge in [-0.3, -0.25) is 0 Å². The Hall–Kier alpha value is -2.33. The molecular formula is C19H20N2OS. The fraction of sp³-hybridized carbons (Fsp3) is 0.211. The van der Waals surface area contributed by atoms with Crippen molar-refractivity contribution < 1.29 is 4.74 Å². The molecule has 4 heteroatoms. The van der Waals surface area contributed by atoms with Gasteiger partial charge in [0.1, 0.15) is 12.4 Å². The van der Waals surface area contributed by atoms with Gasteiger partial charge >= 0.3 is 0 Å². The lowest BCUT2D eigenvalue weighted by Gasteiger charge is -2.10. The Bertz CT molecular complexity index is 793. The van der Waals surface area contributed by atoms with Crippen LogP contribution in [0.15, 0.2) is 48.7 Å². The van der Waals surface area contributed by atoms with Gasteiger partial charge in [-0.2, -0.15) is 0 Å². The molecule has 1 aromatic heterocycles. The van der Waals surface area contributed by atoms with E-state index in [1.807, 2.05) is 18.3 Å². The number of aromatic nitrogens is 1. The van der Waals surface area contributed by atoms with Crippen LogP contribution in [0, 0.1) is 13.8 Å². The van der Waals surface area contributed by atoms with Crippen molar-refractivity contribution in [3.63, 3.8) is 0 Å². The van der Waals surface area contributed by atoms with E-state index in [1.165, 1.54) is 10.4 Å². The maximum atomic E-state index is 6.13. The first-order valence-electron chi connectivity index (χ1n) is 7.58. The number of nitrogens with two attached hydrogens (primary N) is 1. The second-order valence-electron chi connectivity index (χ2n) is 5.69. The van der Waals surface area contributed by atoms with E-state index in [9.17, 15) is 0 Å². The van der Waals surface area contributed by atoms with Crippen molar-refractivity contribution in [2.75, 3.05) is 5.73 Å². The Balaban J connectivity index is 1.65. The average Bonchev–Trinajstić information content (AvgIpc) is 2.93. The number of aryl methyl sites for hydroxylation is 2. The molecule has 0 saturated heterocycles. The van der Waals surface area contributed by atoms with Crippen LogP contribution in [0.25, 0.3) is 0 Å². The quantitative estimate of drug-likeness (QED) is 0.702. The number of nitrogen functional groups attached to an aromatic ring is 1. The smallest absolute Gasteiger partial charge is 0.142 e. The molecular weight excluding hydrogens is 304 g/mol. The van der Waals surface area contributed by atoms with Gasteiger partial charge in [0.2, 0.25) is 0 Å². The molecule has 0 amide bonds. The molecule has 23 heavy (non-hydrogen) atoms. The van der Waals surface area contributed by atoms with Crippen LogP contribution < -0.4 is 10.5 Å². The molecule has 0 unspecified atom stereocenters. The van der Waals surface area contributed by atoms with Crippen LogP contribution in [0.3, 0.4) is 0 Å². The van der Waals surface area contributed by atoms with Crippen molar-refractivity contribution in [3.8, 4) is 5.75 Å². The summed E-state index contributed by atoms with van der Waals surface area (Å²) in [7, 11) is 0. The van der Waals surface area contributed by atoms with Crippen LogP contribution in [0.1, 0.15) is 26.6 Å². The summed E-state index contributed by atoms with van der Waals surface area (Å²) in [5, 5.41) is 1.11. The second kappa shape index (κ2) is 6.84. The van der Waals surface area contributed by atoms with Gasteiger partial charge in [0.15, 0.2) is 0 Å². The van der Waals surface area contributed by atoms with Crippen molar-refractivity contribution in [1.29, 1.82) is 0 Å². The molecule has 0 saturated carbocycles. The molecule has 0 atom stereocenters. The lowest BCUT2D eigenvalue weighted by molar-refractivity contribution is 0.308. The average molecular weight is 324 g/mol. The number of thiazole rings is 1.